The van der Waals surface area contributed by atoms with Crippen molar-refractivity contribution in [2.45, 2.75) is 31.2 Å². The van der Waals surface area contributed by atoms with Crippen LogP contribution in [0, 0.1) is 11.7 Å². The molecule has 0 radical (unpaired) electrons. The molecule has 0 saturated carbocycles. The van der Waals surface area contributed by atoms with Crippen LogP contribution in [0.2, 0.25) is 0 Å². The summed E-state index contributed by atoms with van der Waals surface area (Å²) in [5, 5.41) is 2.94. The van der Waals surface area contributed by atoms with Gasteiger partial charge in [-0.05, 0) is 54.3 Å². The number of hydrogen-bond acceptors (Lipinski definition) is 4. The predicted octanol–water partition coefficient (Wildman–Crippen LogP) is 4.93. The van der Waals surface area contributed by atoms with Crippen LogP contribution in [-0.4, -0.2) is 28.0 Å². The number of nitrogens with zero attached hydrogens (tertiary/aromatic N) is 1. The average Bonchev–Trinajstić information content (AvgIpc) is 2.83. The zero-order valence-electron chi connectivity index (χ0n) is 19.4. The van der Waals surface area contributed by atoms with Gasteiger partial charge in [0.25, 0.3) is 10.0 Å². The summed E-state index contributed by atoms with van der Waals surface area (Å²) in [4.78, 5) is 13.0. The quantitative estimate of drug-likeness (QED) is 0.443. The highest BCUT2D eigenvalue weighted by Crippen LogP contribution is 2.28. The van der Waals surface area contributed by atoms with Crippen LogP contribution >= 0.6 is 0 Å². The monoisotopic (exact) mass is 484 g/mol. The summed E-state index contributed by atoms with van der Waals surface area (Å²) < 4.78 is 47.6. The Hall–Kier alpha value is -3.39. The van der Waals surface area contributed by atoms with Crippen LogP contribution < -0.4 is 14.4 Å². The van der Waals surface area contributed by atoms with Gasteiger partial charge in [-0.1, -0.05) is 56.3 Å². The Bertz CT molecular complexity index is 1200. The number of para-hydroxylation sites is 1. The minimum absolute atomic E-state index is 0.0776. The number of hydrogen-bond donors (Lipinski definition) is 1. The summed E-state index contributed by atoms with van der Waals surface area (Å²) in [5.74, 6) is -0.506. The van der Waals surface area contributed by atoms with E-state index >= 15 is 0 Å². The SMILES string of the molecule is COc1ccc(S(=O)(=O)N(CC(=O)NC(CC(C)C)c2ccccc2)c2ccccc2F)cc1. The Morgan fingerprint density at radius 3 is 2.18 bits per heavy atom. The van der Waals surface area contributed by atoms with Gasteiger partial charge in [-0.25, -0.2) is 12.8 Å². The lowest BCUT2D eigenvalue weighted by molar-refractivity contribution is -0.120. The van der Waals surface area contributed by atoms with Gasteiger partial charge in [0.1, 0.15) is 18.1 Å². The molecule has 1 unspecified atom stereocenters. The van der Waals surface area contributed by atoms with Crippen LogP contribution in [0.4, 0.5) is 10.1 Å². The number of nitrogens with one attached hydrogen (secondary N) is 1. The molecule has 3 aromatic rings. The molecule has 1 N–H and O–H groups in total. The van der Waals surface area contributed by atoms with E-state index in [0.717, 1.165) is 15.9 Å². The lowest BCUT2D eigenvalue weighted by Crippen LogP contribution is -2.42. The van der Waals surface area contributed by atoms with Crippen molar-refractivity contribution in [3.63, 3.8) is 0 Å². The maximum atomic E-state index is 14.7. The summed E-state index contributed by atoms with van der Waals surface area (Å²) in [6.45, 7) is 3.51. The van der Waals surface area contributed by atoms with Crippen molar-refractivity contribution in [1.29, 1.82) is 0 Å². The van der Waals surface area contributed by atoms with Gasteiger partial charge in [0.05, 0.1) is 23.7 Å². The van der Waals surface area contributed by atoms with Crippen molar-refractivity contribution in [2.24, 2.45) is 5.92 Å². The second-order valence-corrected chi connectivity index (χ2v) is 10.2. The summed E-state index contributed by atoms with van der Waals surface area (Å²) in [5.41, 5.74) is 0.716. The Labute approximate surface area is 200 Å². The zero-order chi connectivity index (χ0) is 24.7. The summed E-state index contributed by atoms with van der Waals surface area (Å²) in [7, 11) is -2.77. The second-order valence-electron chi connectivity index (χ2n) is 8.30. The molecule has 1 amide bonds. The second kappa shape index (κ2) is 11.2. The molecule has 0 aromatic heterocycles. The maximum Gasteiger partial charge on any atom is 0.264 e. The van der Waals surface area contributed by atoms with Crippen LogP contribution in [0.25, 0.3) is 0 Å². The largest absolute Gasteiger partial charge is 0.497 e. The number of methoxy groups -OCH3 is 1. The highest BCUT2D eigenvalue weighted by atomic mass is 32.2. The molecule has 0 fully saturated rings. The van der Waals surface area contributed by atoms with Crippen molar-refractivity contribution in [1.82, 2.24) is 5.32 Å². The van der Waals surface area contributed by atoms with E-state index in [9.17, 15) is 17.6 Å². The molecular formula is C26H29FN2O4S. The molecule has 0 spiro atoms. The predicted molar refractivity (Wildman–Crippen MR) is 131 cm³/mol. The molecule has 3 rings (SSSR count). The first-order valence-corrected chi connectivity index (χ1v) is 12.4. The Morgan fingerprint density at radius 1 is 0.971 bits per heavy atom. The first-order valence-electron chi connectivity index (χ1n) is 11.0. The van der Waals surface area contributed by atoms with Gasteiger partial charge in [0.2, 0.25) is 5.91 Å². The molecule has 8 heteroatoms. The van der Waals surface area contributed by atoms with Crippen LogP contribution in [0.5, 0.6) is 5.75 Å². The van der Waals surface area contributed by atoms with E-state index in [-0.39, 0.29) is 22.5 Å². The van der Waals surface area contributed by atoms with Crippen LogP contribution in [0.15, 0.2) is 83.8 Å². The molecule has 0 aliphatic rings. The molecule has 0 bridgehead atoms. The van der Waals surface area contributed by atoms with Gasteiger partial charge < -0.3 is 10.1 Å². The molecule has 180 valence electrons. The highest BCUT2D eigenvalue weighted by Gasteiger charge is 2.30. The number of ether oxygens (including phenoxy) is 1. The summed E-state index contributed by atoms with van der Waals surface area (Å²) >= 11 is 0. The third kappa shape index (κ3) is 6.14. The van der Waals surface area contributed by atoms with Crippen LogP contribution in [0.1, 0.15) is 31.9 Å². The number of rotatable bonds is 10. The molecule has 0 heterocycles. The third-order valence-corrected chi connectivity index (χ3v) is 7.07. The lowest BCUT2D eigenvalue weighted by atomic mass is 9.97. The fourth-order valence-electron chi connectivity index (χ4n) is 3.63. The Morgan fingerprint density at radius 2 is 1.59 bits per heavy atom. The number of benzene rings is 3. The molecule has 0 aliphatic carbocycles. The first-order chi connectivity index (χ1) is 16.2. The van der Waals surface area contributed by atoms with Gasteiger partial charge in [0, 0.05) is 0 Å². The van der Waals surface area contributed by atoms with Gasteiger partial charge in [-0.2, -0.15) is 0 Å². The average molecular weight is 485 g/mol. The van der Waals surface area contributed by atoms with Gasteiger partial charge in [-0.3, -0.25) is 9.10 Å². The number of halogens is 1. The van der Waals surface area contributed by atoms with Gasteiger partial charge >= 0.3 is 0 Å². The smallest absolute Gasteiger partial charge is 0.264 e. The van der Waals surface area contributed by atoms with E-state index in [1.807, 2.05) is 44.2 Å². The maximum absolute atomic E-state index is 14.7. The van der Waals surface area contributed by atoms with Crippen LogP contribution in [0.3, 0.4) is 0 Å². The van der Waals surface area contributed by atoms with Crippen molar-refractivity contribution in [3.8, 4) is 5.75 Å². The standard InChI is InChI=1S/C26H29FN2O4S/c1-19(2)17-24(20-9-5-4-6-10-20)28-26(30)18-29(25-12-8-7-11-23(25)27)34(31,32)22-15-13-21(33-3)14-16-22/h4-16,19,24H,17-18H2,1-3H3,(H,28,30). The molecule has 34 heavy (non-hydrogen) atoms. The van der Waals surface area contributed by atoms with Crippen molar-refractivity contribution in [3.05, 3.63) is 90.2 Å². The number of carbonyl (C=O) groups excluding carboxylic acids is 1. The fraction of sp³-hybridized carbons (Fsp3) is 0.269. The topological polar surface area (TPSA) is 75.7 Å². The number of sulfonamides is 1. The molecule has 0 saturated heterocycles. The molecule has 0 aliphatic heterocycles. The summed E-state index contributed by atoms with van der Waals surface area (Å²) in [6.07, 6.45) is 0.667. The summed E-state index contributed by atoms with van der Waals surface area (Å²) in [6, 6.07) is 20.4. The minimum Gasteiger partial charge on any atom is -0.497 e. The van der Waals surface area contributed by atoms with E-state index in [1.165, 1.54) is 49.6 Å². The first kappa shape index (κ1) is 25.2. The molecular weight excluding hydrogens is 455 g/mol. The third-order valence-electron chi connectivity index (χ3n) is 5.30. The highest BCUT2D eigenvalue weighted by molar-refractivity contribution is 7.92. The zero-order valence-corrected chi connectivity index (χ0v) is 20.3. The Balaban J connectivity index is 1.94. The van der Waals surface area contributed by atoms with E-state index in [4.69, 9.17) is 4.74 Å². The van der Waals surface area contributed by atoms with E-state index in [0.29, 0.717) is 12.2 Å². The van der Waals surface area contributed by atoms with Gasteiger partial charge in [-0.15, -0.1) is 0 Å². The van der Waals surface area contributed by atoms with Crippen molar-refractivity contribution < 1.29 is 22.3 Å². The van der Waals surface area contributed by atoms with E-state index in [1.54, 1.807) is 0 Å². The molecule has 3 aromatic carbocycles. The van der Waals surface area contributed by atoms with E-state index < -0.39 is 28.3 Å². The normalized spacial score (nSPS) is 12.3. The fourth-order valence-corrected chi connectivity index (χ4v) is 5.06. The lowest BCUT2D eigenvalue weighted by Gasteiger charge is -2.27. The van der Waals surface area contributed by atoms with E-state index in [2.05, 4.69) is 5.32 Å². The van der Waals surface area contributed by atoms with Crippen molar-refractivity contribution >= 4 is 21.6 Å². The number of carbonyl (C=O) groups is 1. The minimum atomic E-state index is -4.24. The number of amides is 1. The van der Waals surface area contributed by atoms with Gasteiger partial charge in [0.15, 0.2) is 0 Å². The Kier molecular flexibility index (Phi) is 8.28. The molecule has 6 nitrogen and oxygen atoms in total. The van der Waals surface area contributed by atoms with Crippen molar-refractivity contribution in [2.75, 3.05) is 18.0 Å². The number of anilines is 1. The van der Waals surface area contributed by atoms with Crippen LogP contribution in [-0.2, 0) is 14.8 Å². The molecule has 1 atom stereocenters.